The minimum Gasteiger partial charge on any atom is -0.485 e. The second-order valence-corrected chi connectivity index (χ2v) is 4.35. The molecular formula is C14H21FO2. The van der Waals surface area contributed by atoms with Gasteiger partial charge in [0.05, 0.1) is 6.10 Å². The molecule has 1 N–H and O–H groups in total. The first-order valence-corrected chi connectivity index (χ1v) is 6.19. The molecule has 0 aliphatic heterocycles. The molecule has 0 spiro atoms. The lowest BCUT2D eigenvalue weighted by Gasteiger charge is -2.23. The van der Waals surface area contributed by atoms with Crippen molar-refractivity contribution in [1.29, 1.82) is 0 Å². The van der Waals surface area contributed by atoms with Crippen molar-refractivity contribution in [1.82, 2.24) is 0 Å². The van der Waals surface area contributed by atoms with Crippen LogP contribution in [0, 0.1) is 12.7 Å². The van der Waals surface area contributed by atoms with E-state index in [2.05, 4.69) is 0 Å². The van der Waals surface area contributed by atoms with E-state index in [0.717, 1.165) is 12.0 Å². The maximum Gasteiger partial charge on any atom is 0.165 e. The Morgan fingerprint density at radius 3 is 2.65 bits per heavy atom. The Bertz CT molecular complexity index is 352. The van der Waals surface area contributed by atoms with Crippen molar-refractivity contribution in [2.45, 2.75) is 52.2 Å². The molecule has 1 aromatic rings. The predicted molar refractivity (Wildman–Crippen MR) is 66.8 cm³/mol. The second kappa shape index (κ2) is 6.60. The van der Waals surface area contributed by atoms with Crippen LogP contribution in [0.2, 0.25) is 0 Å². The number of benzene rings is 1. The molecule has 0 bridgehead atoms. The van der Waals surface area contributed by atoms with Crippen molar-refractivity contribution in [3.8, 4) is 5.75 Å². The van der Waals surface area contributed by atoms with E-state index in [1.165, 1.54) is 6.07 Å². The summed E-state index contributed by atoms with van der Waals surface area (Å²) in [7, 11) is 0. The van der Waals surface area contributed by atoms with Crippen LogP contribution in [0.25, 0.3) is 0 Å². The molecule has 0 saturated carbocycles. The van der Waals surface area contributed by atoms with Gasteiger partial charge in [-0.25, -0.2) is 4.39 Å². The molecule has 0 amide bonds. The van der Waals surface area contributed by atoms with E-state index in [9.17, 15) is 9.50 Å². The van der Waals surface area contributed by atoms with Crippen LogP contribution < -0.4 is 4.74 Å². The standard InChI is InChI=1S/C14H21FO2/c1-4-6-12(16)13(5-2)17-14-9-10(3)7-8-11(14)15/h7-9,12-13,16H,4-6H2,1-3H3. The van der Waals surface area contributed by atoms with Crippen LogP contribution in [0.3, 0.4) is 0 Å². The Balaban J connectivity index is 2.76. The van der Waals surface area contributed by atoms with Gasteiger partial charge in [-0.3, -0.25) is 0 Å². The highest BCUT2D eigenvalue weighted by Crippen LogP contribution is 2.22. The van der Waals surface area contributed by atoms with Crippen LogP contribution >= 0.6 is 0 Å². The van der Waals surface area contributed by atoms with Gasteiger partial charge in [0.1, 0.15) is 6.10 Å². The summed E-state index contributed by atoms with van der Waals surface area (Å²) in [4.78, 5) is 0. The van der Waals surface area contributed by atoms with Gasteiger partial charge in [0, 0.05) is 0 Å². The fourth-order valence-electron chi connectivity index (χ4n) is 1.78. The lowest BCUT2D eigenvalue weighted by Crippen LogP contribution is -2.31. The van der Waals surface area contributed by atoms with Crippen molar-refractivity contribution in [2.75, 3.05) is 0 Å². The summed E-state index contributed by atoms with van der Waals surface area (Å²) in [5, 5.41) is 9.88. The third-order valence-electron chi connectivity index (χ3n) is 2.78. The Morgan fingerprint density at radius 2 is 2.06 bits per heavy atom. The smallest absolute Gasteiger partial charge is 0.165 e. The third kappa shape index (κ3) is 4.00. The molecule has 2 atom stereocenters. The summed E-state index contributed by atoms with van der Waals surface area (Å²) in [5.41, 5.74) is 0.946. The van der Waals surface area contributed by atoms with E-state index in [4.69, 9.17) is 4.74 Å². The normalized spacial score (nSPS) is 14.4. The zero-order valence-corrected chi connectivity index (χ0v) is 10.7. The van der Waals surface area contributed by atoms with Gasteiger partial charge in [-0.15, -0.1) is 0 Å². The van der Waals surface area contributed by atoms with Crippen molar-refractivity contribution >= 4 is 0 Å². The highest BCUT2D eigenvalue weighted by molar-refractivity contribution is 5.29. The van der Waals surface area contributed by atoms with Gasteiger partial charge < -0.3 is 9.84 Å². The van der Waals surface area contributed by atoms with Crippen LogP contribution in [-0.2, 0) is 0 Å². The van der Waals surface area contributed by atoms with E-state index in [0.29, 0.717) is 12.8 Å². The van der Waals surface area contributed by atoms with Crippen LogP contribution in [0.5, 0.6) is 5.75 Å². The molecule has 0 saturated heterocycles. The van der Waals surface area contributed by atoms with Gasteiger partial charge in [0.15, 0.2) is 11.6 Å². The number of hydrogen-bond acceptors (Lipinski definition) is 2. The molecule has 0 fully saturated rings. The van der Waals surface area contributed by atoms with Crippen LogP contribution in [-0.4, -0.2) is 17.3 Å². The summed E-state index contributed by atoms with van der Waals surface area (Å²) >= 11 is 0. The molecule has 96 valence electrons. The number of rotatable bonds is 6. The monoisotopic (exact) mass is 240 g/mol. The zero-order chi connectivity index (χ0) is 12.8. The van der Waals surface area contributed by atoms with Gasteiger partial charge in [-0.2, -0.15) is 0 Å². The van der Waals surface area contributed by atoms with E-state index >= 15 is 0 Å². The lowest BCUT2D eigenvalue weighted by molar-refractivity contribution is 0.0263. The zero-order valence-electron chi connectivity index (χ0n) is 10.7. The van der Waals surface area contributed by atoms with Crippen molar-refractivity contribution in [3.63, 3.8) is 0 Å². The SMILES string of the molecule is CCCC(O)C(CC)Oc1cc(C)ccc1F. The Hall–Kier alpha value is -1.09. The molecule has 3 heteroatoms. The first-order chi connectivity index (χ1) is 8.08. The second-order valence-electron chi connectivity index (χ2n) is 4.35. The van der Waals surface area contributed by atoms with E-state index in [1.54, 1.807) is 12.1 Å². The summed E-state index contributed by atoms with van der Waals surface area (Å²) in [6.45, 7) is 5.82. The van der Waals surface area contributed by atoms with Crippen molar-refractivity contribution < 1.29 is 14.2 Å². The van der Waals surface area contributed by atoms with Gasteiger partial charge >= 0.3 is 0 Å². The average Bonchev–Trinajstić information content (AvgIpc) is 2.30. The molecule has 0 aliphatic rings. The minimum atomic E-state index is -0.537. The van der Waals surface area contributed by atoms with E-state index in [1.807, 2.05) is 20.8 Å². The minimum absolute atomic E-state index is 0.229. The number of aliphatic hydroxyl groups excluding tert-OH is 1. The van der Waals surface area contributed by atoms with E-state index in [-0.39, 0.29) is 17.7 Å². The molecule has 0 heterocycles. The fourth-order valence-corrected chi connectivity index (χ4v) is 1.78. The summed E-state index contributed by atoms with van der Waals surface area (Å²) in [6.07, 6.45) is 1.34. The fraction of sp³-hybridized carbons (Fsp3) is 0.571. The summed E-state index contributed by atoms with van der Waals surface area (Å²) in [5.74, 6) is -0.148. The molecule has 0 radical (unpaired) electrons. The predicted octanol–water partition coefficient (Wildman–Crippen LogP) is 3.45. The maximum atomic E-state index is 13.5. The molecule has 17 heavy (non-hydrogen) atoms. The van der Waals surface area contributed by atoms with Crippen molar-refractivity contribution in [3.05, 3.63) is 29.6 Å². The molecule has 2 unspecified atom stereocenters. The Labute approximate surface area is 102 Å². The lowest BCUT2D eigenvalue weighted by atomic mass is 10.1. The van der Waals surface area contributed by atoms with Crippen LogP contribution in [0.15, 0.2) is 18.2 Å². The highest BCUT2D eigenvalue weighted by Gasteiger charge is 2.19. The molecule has 1 rings (SSSR count). The number of aliphatic hydroxyl groups is 1. The molecule has 2 nitrogen and oxygen atoms in total. The average molecular weight is 240 g/mol. The van der Waals surface area contributed by atoms with Gasteiger partial charge in [0.2, 0.25) is 0 Å². The molecular weight excluding hydrogens is 219 g/mol. The molecule has 0 aliphatic carbocycles. The maximum absolute atomic E-state index is 13.5. The van der Waals surface area contributed by atoms with Crippen LogP contribution in [0.1, 0.15) is 38.7 Å². The topological polar surface area (TPSA) is 29.5 Å². The molecule has 0 aromatic heterocycles. The largest absolute Gasteiger partial charge is 0.485 e. The van der Waals surface area contributed by atoms with Crippen molar-refractivity contribution in [2.24, 2.45) is 0 Å². The summed E-state index contributed by atoms with van der Waals surface area (Å²) < 4.78 is 19.1. The Kier molecular flexibility index (Phi) is 5.42. The molecule has 1 aromatic carbocycles. The first-order valence-electron chi connectivity index (χ1n) is 6.19. The van der Waals surface area contributed by atoms with Gasteiger partial charge in [-0.1, -0.05) is 26.3 Å². The Morgan fingerprint density at radius 1 is 1.35 bits per heavy atom. The first kappa shape index (κ1) is 14.0. The number of halogens is 1. The van der Waals surface area contributed by atoms with Crippen LogP contribution in [0.4, 0.5) is 4.39 Å². The third-order valence-corrected chi connectivity index (χ3v) is 2.78. The quantitative estimate of drug-likeness (QED) is 0.825. The van der Waals surface area contributed by atoms with E-state index < -0.39 is 6.10 Å². The van der Waals surface area contributed by atoms with Gasteiger partial charge in [0.25, 0.3) is 0 Å². The number of hydrogen-bond donors (Lipinski definition) is 1. The number of ether oxygens (including phenoxy) is 1. The summed E-state index contributed by atoms with van der Waals surface area (Å²) in [6, 6.07) is 4.76. The highest BCUT2D eigenvalue weighted by atomic mass is 19.1. The van der Waals surface area contributed by atoms with Gasteiger partial charge in [-0.05, 0) is 37.5 Å². The number of aryl methyl sites for hydroxylation is 1.